The van der Waals surface area contributed by atoms with Gasteiger partial charge in [0.2, 0.25) is 0 Å². The van der Waals surface area contributed by atoms with Crippen LogP contribution in [-0.4, -0.2) is 15.0 Å². The molecule has 0 aliphatic heterocycles. The fraction of sp³-hybridized carbons (Fsp3) is 0.0441. The van der Waals surface area contributed by atoms with E-state index >= 15 is 0 Å². The fourth-order valence-corrected chi connectivity index (χ4v) is 11.8. The number of hydrogen-bond donors (Lipinski definition) is 0. The molecule has 1 aliphatic carbocycles. The zero-order chi connectivity index (χ0) is 49.3. The van der Waals surface area contributed by atoms with Crippen LogP contribution < -0.4 is 14.7 Å². The Morgan fingerprint density at radius 1 is 0.297 bits per heavy atom. The Balaban J connectivity index is 1.21. The average molecular weight is 949 g/mol. The topological polar surface area (TPSA) is 48.4 Å². The maximum absolute atomic E-state index is 5.24. The van der Waals surface area contributed by atoms with Gasteiger partial charge in [-0.1, -0.05) is 172 Å². The van der Waals surface area contributed by atoms with Gasteiger partial charge >= 0.3 is 0 Å². The highest BCUT2D eigenvalue weighted by Crippen LogP contribution is 2.57. The van der Waals surface area contributed by atoms with Crippen LogP contribution in [0.4, 0.5) is 51.6 Å². The number of rotatable bonds is 9. The molecule has 14 rings (SSSR count). The van der Waals surface area contributed by atoms with Crippen molar-refractivity contribution in [2.75, 3.05) is 14.7 Å². The zero-order valence-electron chi connectivity index (χ0n) is 40.9. The third-order valence-corrected chi connectivity index (χ3v) is 15.1. The number of benzene rings is 10. The quantitative estimate of drug-likeness (QED) is 0.106. The first-order valence-electron chi connectivity index (χ1n) is 25.3. The summed E-state index contributed by atoms with van der Waals surface area (Å²) in [6, 6.07) is 85.2. The molecule has 74 heavy (non-hydrogen) atoms. The first-order valence-corrected chi connectivity index (χ1v) is 25.3. The van der Waals surface area contributed by atoms with E-state index in [-0.39, 0.29) is 5.41 Å². The highest BCUT2D eigenvalue weighted by Gasteiger charge is 2.38. The summed E-state index contributed by atoms with van der Waals surface area (Å²) in [5, 5.41) is 11.0. The Kier molecular flexibility index (Phi) is 10.1. The summed E-state index contributed by atoms with van der Waals surface area (Å²) in [5.74, 6) is 2.42. The van der Waals surface area contributed by atoms with Gasteiger partial charge in [0, 0.05) is 67.4 Å². The molecule has 0 amide bonds. The normalized spacial score (nSPS) is 12.6. The van der Waals surface area contributed by atoms with Crippen LogP contribution in [-0.2, 0) is 5.41 Å². The van der Waals surface area contributed by atoms with Crippen LogP contribution in [0.25, 0.3) is 65.0 Å². The van der Waals surface area contributed by atoms with Gasteiger partial charge in [-0.15, -0.1) is 0 Å². The van der Waals surface area contributed by atoms with E-state index in [4.69, 9.17) is 15.0 Å². The van der Waals surface area contributed by atoms with Crippen molar-refractivity contribution in [3.63, 3.8) is 0 Å². The molecule has 6 nitrogen and oxygen atoms in total. The van der Waals surface area contributed by atoms with E-state index < -0.39 is 0 Å². The molecular formula is C68H48N6. The average Bonchev–Trinajstić information content (AvgIpc) is 3.69. The number of nitrogens with zero attached hydrogens (tertiary/aromatic N) is 6. The van der Waals surface area contributed by atoms with Crippen molar-refractivity contribution < 1.29 is 0 Å². The number of fused-ring (bicyclic) bond motifs is 8. The second-order valence-electron chi connectivity index (χ2n) is 19.6. The summed E-state index contributed by atoms with van der Waals surface area (Å²) in [6.45, 7) is 4.74. The van der Waals surface area contributed by atoms with Gasteiger partial charge < -0.3 is 0 Å². The van der Waals surface area contributed by atoms with Crippen molar-refractivity contribution in [2.45, 2.75) is 19.3 Å². The smallest absolute Gasteiger partial charge is 0.137 e. The zero-order valence-corrected chi connectivity index (χ0v) is 40.9. The maximum Gasteiger partial charge on any atom is 0.137 e. The van der Waals surface area contributed by atoms with E-state index in [9.17, 15) is 0 Å². The molecule has 0 N–H and O–H groups in total. The fourth-order valence-electron chi connectivity index (χ4n) is 11.8. The molecule has 0 saturated heterocycles. The molecule has 3 aromatic heterocycles. The van der Waals surface area contributed by atoms with Crippen molar-refractivity contribution in [1.82, 2.24) is 15.0 Å². The second-order valence-corrected chi connectivity index (χ2v) is 19.6. The minimum Gasteiger partial charge on any atom is -0.294 e. The maximum atomic E-state index is 5.24. The lowest BCUT2D eigenvalue weighted by atomic mass is 9.81. The Morgan fingerprint density at radius 3 is 1.24 bits per heavy atom. The first-order chi connectivity index (χ1) is 36.5. The number of pyridine rings is 3. The van der Waals surface area contributed by atoms with Crippen LogP contribution in [0, 0.1) is 0 Å². The molecule has 0 radical (unpaired) electrons. The summed E-state index contributed by atoms with van der Waals surface area (Å²) >= 11 is 0. The van der Waals surface area contributed by atoms with Gasteiger partial charge in [-0.25, -0.2) is 15.0 Å². The van der Waals surface area contributed by atoms with Gasteiger partial charge in [0.05, 0.1) is 28.4 Å². The van der Waals surface area contributed by atoms with E-state index in [1.807, 2.05) is 36.8 Å². The van der Waals surface area contributed by atoms with Crippen LogP contribution in [0.2, 0.25) is 0 Å². The monoisotopic (exact) mass is 948 g/mol. The molecule has 350 valence electrons. The third kappa shape index (κ3) is 6.83. The molecule has 0 saturated carbocycles. The standard InChI is InChI=1S/C68H48N6/c1-68(2)58-30-10-9-29-52(58)54-43-56-57(44-59(54)68)66(73(64-35-12-15-40-70-64)61-32-18-24-46-21-4-7-27-50(46)61)53-38-37-48(72(63-34-11-14-39-69-63)60-31-17-23-45-20-3-6-26-49(45)60)42-55(53)67(56)74(65-36-13-16-41-71-65)62-33-19-25-47-22-5-8-28-51(47)62/h3-44H,1-2H3. The lowest BCUT2D eigenvalue weighted by Crippen LogP contribution is -2.18. The highest BCUT2D eigenvalue weighted by molar-refractivity contribution is 6.26. The van der Waals surface area contributed by atoms with Crippen molar-refractivity contribution >= 4 is 105 Å². The Labute approximate surface area is 429 Å². The summed E-state index contributed by atoms with van der Waals surface area (Å²) < 4.78 is 0. The van der Waals surface area contributed by atoms with Crippen LogP contribution >= 0.6 is 0 Å². The Morgan fingerprint density at radius 2 is 0.716 bits per heavy atom. The molecule has 0 bridgehead atoms. The summed E-state index contributed by atoms with van der Waals surface area (Å²) in [6.07, 6.45) is 5.68. The SMILES string of the molecule is CC1(C)c2ccccc2-c2cc3c(N(c4ccccn4)c4cccc5ccccc45)c4cc(N(c5ccccn5)c5cccc6ccccc56)ccc4c(N(c4ccccn4)c4cccc5ccccc45)c3cc21. The van der Waals surface area contributed by atoms with Crippen LogP contribution in [0.5, 0.6) is 0 Å². The molecule has 0 unspecified atom stereocenters. The molecule has 0 fully saturated rings. The number of anilines is 9. The molecule has 1 aliphatic rings. The van der Waals surface area contributed by atoms with E-state index in [2.05, 4.69) is 247 Å². The molecule has 6 heteroatoms. The van der Waals surface area contributed by atoms with Crippen molar-refractivity contribution in [2.24, 2.45) is 0 Å². The van der Waals surface area contributed by atoms with E-state index in [1.165, 1.54) is 22.3 Å². The molecular weight excluding hydrogens is 901 g/mol. The molecule has 0 atom stereocenters. The van der Waals surface area contributed by atoms with Gasteiger partial charge in [0.1, 0.15) is 17.5 Å². The number of hydrogen-bond acceptors (Lipinski definition) is 6. The van der Waals surface area contributed by atoms with Crippen molar-refractivity contribution in [3.8, 4) is 11.1 Å². The Hall–Kier alpha value is -9.65. The van der Waals surface area contributed by atoms with Gasteiger partial charge in [-0.2, -0.15) is 0 Å². The van der Waals surface area contributed by atoms with Gasteiger partial charge in [0.15, 0.2) is 0 Å². The number of aromatic nitrogens is 3. The molecule has 3 heterocycles. The minimum absolute atomic E-state index is 0.288. The van der Waals surface area contributed by atoms with E-state index in [0.29, 0.717) is 0 Å². The van der Waals surface area contributed by atoms with E-state index in [0.717, 1.165) is 105 Å². The van der Waals surface area contributed by atoms with Crippen LogP contribution in [0.1, 0.15) is 25.0 Å². The summed E-state index contributed by atoms with van der Waals surface area (Å²) in [4.78, 5) is 22.7. The minimum atomic E-state index is -0.288. The highest BCUT2D eigenvalue weighted by atomic mass is 15.2. The summed E-state index contributed by atoms with van der Waals surface area (Å²) in [5.41, 5.74) is 10.9. The van der Waals surface area contributed by atoms with E-state index in [1.54, 1.807) is 0 Å². The van der Waals surface area contributed by atoms with Gasteiger partial charge in [0.25, 0.3) is 0 Å². The lowest BCUT2D eigenvalue weighted by Gasteiger charge is -2.34. The van der Waals surface area contributed by atoms with Crippen molar-refractivity contribution in [1.29, 1.82) is 0 Å². The second kappa shape index (κ2) is 17.3. The van der Waals surface area contributed by atoms with Gasteiger partial charge in [-0.05, 0) is 117 Å². The van der Waals surface area contributed by atoms with Gasteiger partial charge in [-0.3, -0.25) is 14.7 Å². The molecule has 0 spiro atoms. The van der Waals surface area contributed by atoms with Crippen molar-refractivity contribution in [3.05, 3.63) is 266 Å². The molecule has 10 aromatic carbocycles. The largest absolute Gasteiger partial charge is 0.294 e. The molecule has 13 aromatic rings. The van der Waals surface area contributed by atoms with Crippen LogP contribution in [0.15, 0.2) is 255 Å². The predicted molar refractivity (Wildman–Crippen MR) is 309 cm³/mol. The third-order valence-electron chi connectivity index (χ3n) is 15.1. The summed E-state index contributed by atoms with van der Waals surface area (Å²) in [7, 11) is 0. The van der Waals surface area contributed by atoms with Crippen LogP contribution in [0.3, 0.4) is 0 Å². The first kappa shape index (κ1) is 43.2. The Bertz CT molecular complexity index is 4290. The predicted octanol–water partition coefficient (Wildman–Crippen LogP) is 18.4. The lowest BCUT2D eigenvalue weighted by molar-refractivity contribution is 0.661.